The topological polar surface area (TPSA) is 18.5 Å². The van der Waals surface area contributed by atoms with Crippen LogP contribution < -0.4 is 0 Å². The molecule has 0 heterocycles. The standard InChI is InChI=1S/C15H32O2/c1-9-15(8,12(2)3)16-11-10-14(6,7)17-13(4)5/h12-13H,9-11H2,1-8H3. The molecule has 17 heavy (non-hydrogen) atoms. The summed E-state index contributed by atoms with van der Waals surface area (Å²) in [6.07, 6.45) is 2.26. The molecule has 2 heteroatoms. The van der Waals surface area contributed by atoms with Gasteiger partial charge in [-0.1, -0.05) is 20.8 Å². The Morgan fingerprint density at radius 1 is 1.00 bits per heavy atom. The van der Waals surface area contributed by atoms with E-state index in [0.29, 0.717) is 5.92 Å². The third-order valence-electron chi connectivity index (χ3n) is 3.61. The Morgan fingerprint density at radius 3 is 1.88 bits per heavy atom. The Bertz CT molecular complexity index is 209. The second kappa shape index (κ2) is 6.75. The molecule has 0 rings (SSSR count). The second-order valence-electron chi connectivity index (χ2n) is 6.35. The van der Waals surface area contributed by atoms with Crippen molar-refractivity contribution < 1.29 is 9.47 Å². The maximum absolute atomic E-state index is 6.08. The summed E-state index contributed by atoms with van der Waals surface area (Å²) in [6, 6.07) is 0. The summed E-state index contributed by atoms with van der Waals surface area (Å²) >= 11 is 0. The van der Waals surface area contributed by atoms with E-state index >= 15 is 0 Å². The Labute approximate surface area is 108 Å². The van der Waals surface area contributed by atoms with E-state index in [1.807, 2.05) is 0 Å². The summed E-state index contributed by atoms with van der Waals surface area (Å²) in [5.41, 5.74) is -0.103. The molecule has 0 saturated carbocycles. The van der Waals surface area contributed by atoms with Crippen molar-refractivity contribution >= 4 is 0 Å². The average Bonchev–Trinajstić information content (AvgIpc) is 2.14. The minimum absolute atomic E-state index is 0.00604. The minimum Gasteiger partial charge on any atom is -0.375 e. The summed E-state index contributed by atoms with van der Waals surface area (Å²) < 4.78 is 11.9. The molecule has 0 aromatic heterocycles. The fourth-order valence-corrected chi connectivity index (χ4v) is 1.90. The van der Waals surface area contributed by atoms with Crippen LogP contribution in [0.4, 0.5) is 0 Å². The Balaban J connectivity index is 4.13. The van der Waals surface area contributed by atoms with Crippen molar-refractivity contribution in [3.05, 3.63) is 0 Å². The largest absolute Gasteiger partial charge is 0.375 e. The van der Waals surface area contributed by atoms with Crippen molar-refractivity contribution in [2.24, 2.45) is 5.92 Å². The van der Waals surface area contributed by atoms with Gasteiger partial charge in [-0.25, -0.2) is 0 Å². The SMILES string of the molecule is CCC(C)(OCCC(C)(C)OC(C)C)C(C)C. The number of rotatable bonds is 8. The van der Waals surface area contributed by atoms with Gasteiger partial charge in [0.05, 0.1) is 23.9 Å². The van der Waals surface area contributed by atoms with Crippen LogP contribution >= 0.6 is 0 Å². The van der Waals surface area contributed by atoms with Crippen LogP contribution in [0, 0.1) is 5.92 Å². The predicted molar refractivity (Wildman–Crippen MR) is 74.4 cm³/mol. The first-order valence-corrected chi connectivity index (χ1v) is 6.94. The van der Waals surface area contributed by atoms with Gasteiger partial charge >= 0.3 is 0 Å². The van der Waals surface area contributed by atoms with Gasteiger partial charge in [-0.3, -0.25) is 0 Å². The van der Waals surface area contributed by atoms with Crippen LogP contribution in [-0.4, -0.2) is 23.9 Å². The number of hydrogen-bond acceptors (Lipinski definition) is 2. The third kappa shape index (κ3) is 6.42. The van der Waals surface area contributed by atoms with Gasteiger partial charge in [0.2, 0.25) is 0 Å². The highest BCUT2D eigenvalue weighted by atomic mass is 16.5. The zero-order valence-corrected chi connectivity index (χ0v) is 13.1. The van der Waals surface area contributed by atoms with Gasteiger partial charge < -0.3 is 9.47 Å². The van der Waals surface area contributed by atoms with Crippen LogP contribution in [0.15, 0.2) is 0 Å². The zero-order valence-electron chi connectivity index (χ0n) is 13.1. The molecule has 104 valence electrons. The molecular weight excluding hydrogens is 212 g/mol. The third-order valence-corrected chi connectivity index (χ3v) is 3.61. The summed E-state index contributed by atoms with van der Waals surface area (Å²) in [5, 5.41) is 0. The number of ether oxygens (including phenoxy) is 2. The van der Waals surface area contributed by atoms with Crippen LogP contribution in [0.3, 0.4) is 0 Å². The molecule has 0 aliphatic rings. The highest BCUT2D eigenvalue weighted by Crippen LogP contribution is 2.26. The highest BCUT2D eigenvalue weighted by molar-refractivity contribution is 4.78. The quantitative estimate of drug-likeness (QED) is 0.629. The maximum atomic E-state index is 6.08. The monoisotopic (exact) mass is 244 g/mol. The van der Waals surface area contributed by atoms with Crippen LogP contribution in [0.1, 0.15) is 68.2 Å². The van der Waals surface area contributed by atoms with Gasteiger partial charge in [0.15, 0.2) is 0 Å². The highest BCUT2D eigenvalue weighted by Gasteiger charge is 2.28. The van der Waals surface area contributed by atoms with Gasteiger partial charge in [0.25, 0.3) is 0 Å². The molecule has 0 amide bonds. The molecule has 0 N–H and O–H groups in total. The lowest BCUT2D eigenvalue weighted by molar-refractivity contribution is -0.109. The van der Waals surface area contributed by atoms with Gasteiger partial charge in [-0.05, 0) is 53.4 Å². The van der Waals surface area contributed by atoms with Crippen LogP contribution in [0.5, 0.6) is 0 Å². The molecule has 0 radical (unpaired) electrons. The fourth-order valence-electron chi connectivity index (χ4n) is 1.90. The van der Waals surface area contributed by atoms with Crippen LogP contribution in [0.2, 0.25) is 0 Å². The summed E-state index contributed by atoms with van der Waals surface area (Å²) in [4.78, 5) is 0. The van der Waals surface area contributed by atoms with Crippen molar-refractivity contribution in [1.82, 2.24) is 0 Å². The van der Waals surface area contributed by atoms with Crippen LogP contribution in [-0.2, 0) is 9.47 Å². The van der Waals surface area contributed by atoms with E-state index < -0.39 is 0 Å². The van der Waals surface area contributed by atoms with E-state index in [2.05, 4.69) is 55.4 Å². The molecular formula is C15H32O2. The second-order valence-corrected chi connectivity index (χ2v) is 6.35. The van der Waals surface area contributed by atoms with Gasteiger partial charge in [-0.15, -0.1) is 0 Å². The van der Waals surface area contributed by atoms with E-state index in [1.54, 1.807) is 0 Å². The van der Waals surface area contributed by atoms with E-state index in [0.717, 1.165) is 19.4 Å². The van der Waals surface area contributed by atoms with Gasteiger partial charge in [0.1, 0.15) is 0 Å². The van der Waals surface area contributed by atoms with Crippen molar-refractivity contribution in [2.75, 3.05) is 6.61 Å². The average molecular weight is 244 g/mol. The molecule has 0 saturated heterocycles. The summed E-state index contributed by atoms with van der Waals surface area (Å²) in [6.45, 7) is 18.0. The van der Waals surface area contributed by atoms with Crippen molar-refractivity contribution in [3.8, 4) is 0 Å². The molecule has 0 fully saturated rings. The van der Waals surface area contributed by atoms with E-state index in [4.69, 9.17) is 9.47 Å². The summed E-state index contributed by atoms with van der Waals surface area (Å²) in [7, 11) is 0. The van der Waals surface area contributed by atoms with E-state index in [-0.39, 0.29) is 17.3 Å². The Hall–Kier alpha value is -0.0800. The maximum Gasteiger partial charge on any atom is 0.0674 e. The molecule has 0 aliphatic heterocycles. The van der Waals surface area contributed by atoms with Crippen molar-refractivity contribution in [2.45, 2.75) is 85.5 Å². The Morgan fingerprint density at radius 2 is 1.53 bits per heavy atom. The lowest BCUT2D eigenvalue weighted by Gasteiger charge is -2.35. The minimum atomic E-state index is -0.0974. The Kier molecular flexibility index (Phi) is 6.71. The lowest BCUT2D eigenvalue weighted by atomic mass is 9.89. The first-order valence-electron chi connectivity index (χ1n) is 6.94. The normalized spacial score (nSPS) is 16.6. The molecule has 0 aromatic rings. The molecule has 0 aromatic carbocycles. The van der Waals surface area contributed by atoms with Crippen LogP contribution in [0.25, 0.3) is 0 Å². The first kappa shape index (κ1) is 16.9. The molecule has 1 atom stereocenters. The molecule has 0 aliphatic carbocycles. The molecule has 0 bridgehead atoms. The van der Waals surface area contributed by atoms with Gasteiger partial charge in [0, 0.05) is 0 Å². The molecule has 2 nitrogen and oxygen atoms in total. The van der Waals surface area contributed by atoms with E-state index in [1.165, 1.54) is 0 Å². The molecule has 0 spiro atoms. The zero-order chi connectivity index (χ0) is 13.7. The van der Waals surface area contributed by atoms with Gasteiger partial charge in [-0.2, -0.15) is 0 Å². The fraction of sp³-hybridized carbons (Fsp3) is 1.00. The van der Waals surface area contributed by atoms with E-state index in [9.17, 15) is 0 Å². The smallest absolute Gasteiger partial charge is 0.0674 e. The lowest BCUT2D eigenvalue weighted by Crippen LogP contribution is -2.37. The predicted octanol–water partition coefficient (Wildman–Crippen LogP) is 4.42. The number of hydrogen-bond donors (Lipinski definition) is 0. The summed E-state index contributed by atoms with van der Waals surface area (Å²) in [5.74, 6) is 0.543. The first-order chi connectivity index (χ1) is 7.63. The van der Waals surface area contributed by atoms with Crippen molar-refractivity contribution in [3.63, 3.8) is 0 Å². The molecule has 1 unspecified atom stereocenters. The van der Waals surface area contributed by atoms with Crippen molar-refractivity contribution in [1.29, 1.82) is 0 Å².